The topological polar surface area (TPSA) is 63.9 Å². The van der Waals surface area contributed by atoms with Gasteiger partial charge in [-0.05, 0) is 25.0 Å². The third-order valence-electron chi connectivity index (χ3n) is 4.34. The largest absolute Gasteiger partial charge is 0.335 e. The summed E-state index contributed by atoms with van der Waals surface area (Å²) in [7, 11) is 0. The minimum atomic E-state index is -0.0306. The van der Waals surface area contributed by atoms with Gasteiger partial charge in [0.2, 0.25) is 0 Å². The van der Waals surface area contributed by atoms with E-state index in [1.54, 1.807) is 24.9 Å². The monoisotopic (exact) mass is 307 g/mol. The summed E-state index contributed by atoms with van der Waals surface area (Å²) >= 11 is 0. The van der Waals surface area contributed by atoms with Crippen LogP contribution in [0.1, 0.15) is 23.3 Å². The zero-order valence-corrected chi connectivity index (χ0v) is 12.7. The molecule has 0 aliphatic carbocycles. The van der Waals surface area contributed by atoms with Gasteiger partial charge < -0.3 is 9.47 Å². The molecule has 0 aromatic carbocycles. The van der Waals surface area contributed by atoms with E-state index in [0.717, 1.165) is 31.3 Å². The second-order valence-corrected chi connectivity index (χ2v) is 5.79. The average molecular weight is 307 g/mol. The molecule has 1 amide bonds. The Balaban J connectivity index is 1.64. The normalized spacial score (nSPS) is 17.7. The van der Waals surface area contributed by atoms with E-state index in [1.165, 1.54) is 0 Å². The first-order valence-electron chi connectivity index (χ1n) is 7.79. The molecule has 1 saturated heterocycles. The Morgan fingerprint density at radius 1 is 1.22 bits per heavy atom. The SMILES string of the molecule is O=C(c1nccc2cccnc12)N1CCC[C@@H]1Cn1ccnc1. The van der Waals surface area contributed by atoms with E-state index in [1.807, 2.05) is 33.9 Å². The summed E-state index contributed by atoms with van der Waals surface area (Å²) in [6.45, 7) is 1.53. The molecule has 1 aliphatic heterocycles. The third kappa shape index (κ3) is 2.56. The molecule has 1 aliphatic rings. The maximum absolute atomic E-state index is 13.0. The average Bonchev–Trinajstić information content (AvgIpc) is 3.26. The highest BCUT2D eigenvalue weighted by Gasteiger charge is 2.31. The van der Waals surface area contributed by atoms with Crippen LogP contribution in [0.15, 0.2) is 49.3 Å². The number of hydrogen-bond acceptors (Lipinski definition) is 4. The van der Waals surface area contributed by atoms with Crippen molar-refractivity contribution in [2.45, 2.75) is 25.4 Å². The van der Waals surface area contributed by atoms with Crippen molar-refractivity contribution in [2.75, 3.05) is 6.54 Å². The molecule has 3 aromatic rings. The van der Waals surface area contributed by atoms with Gasteiger partial charge in [0.15, 0.2) is 5.69 Å². The van der Waals surface area contributed by atoms with Crippen molar-refractivity contribution in [3.8, 4) is 0 Å². The quantitative estimate of drug-likeness (QED) is 0.743. The fourth-order valence-corrected chi connectivity index (χ4v) is 3.23. The summed E-state index contributed by atoms with van der Waals surface area (Å²) in [4.78, 5) is 27.7. The summed E-state index contributed by atoms with van der Waals surface area (Å²) in [6, 6.07) is 5.88. The van der Waals surface area contributed by atoms with Crippen LogP contribution < -0.4 is 0 Å². The highest BCUT2D eigenvalue weighted by molar-refractivity contribution is 6.03. The van der Waals surface area contributed by atoms with Gasteiger partial charge in [0.05, 0.1) is 12.4 Å². The minimum absolute atomic E-state index is 0.0306. The number of imidazole rings is 1. The zero-order chi connectivity index (χ0) is 15.6. The smallest absolute Gasteiger partial charge is 0.275 e. The lowest BCUT2D eigenvalue weighted by Gasteiger charge is -2.25. The molecule has 0 radical (unpaired) electrons. The van der Waals surface area contributed by atoms with Crippen LogP contribution in [0.5, 0.6) is 0 Å². The first-order chi connectivity index (χ1) is 11.3. The highest BCUT2D eigenvalue weighted by Crippen LogP contribution is 2.23. The summed E-state index contributed by atoms with van der Waals surface area (Å²) in [5.41, 5.74) is 1.12. The number of fused-ring (bicyclic) bond motifs is 1. The Bertz CT molecular complexity index is 825. The molecule has 6 nitrogen and oxygen atoms in total. The van der Waals surface area contributed by atoms with Crippen LogP contribution in [0.3, 0.4) is 0 Å². The summed E-state index contributed by atoms with van der Waals surface area (Å²) in [6.07, 6.45) is 10.9. The molecule has 0 spiro atoms. The molecule has 23 heavy (non-hydrogen) atoms. The van der Waals surface area contributed by atoms with E-state index < -0.39 is 0 Å². The number of pyridine rings is 2. The van der Waals surface area contributed by atoms with E-state index in [2.05, 4.69) is 15.0 Å². The lowest BCUT2D eigenvalue weighted by Crippen LogP contribution is -2.38. The highest BCUT2D eigenvalue weighted by atomic mass is 16.2. The van der Waals surface area contributed by atoms with Gasteiger partial charge in [-0.2, -0.15) is 0 Å². The number of hydrogen-bond donors (Lipinski definition) is 0. The Labute approximate surface area is 133 Å². The molecule has 116 valence electrons. The van der Waals surface area contributed by atoms with Crippen LogP contribution in [0.25, 0.3) is 10.9 Å². The van der Waals surface area contributed by atoms with Gasteiger partial charge in [-0.1, -0.05) is 6.07 Å². The van der Waals surface area contributed by atoms with Gasteiger partial charge in [0.1, 0.15) is 5.52 Å². The molecular weight excluding hydrogens is 290 g/mol. The maximum atomic E-state index is 13.0. The minimum Gasteiger partial charge on any atom is -0.335 e. The number of amides is 1. The van der Waals surface area contributed by atoms with Gasteiger partial charge >= 0.3 is 0 Å². The first-order valence-corrected chi connectivity index (χ1v) is 7.79. The Morgan fingerprint density at radius 2 is 2.17 bits per heavy atom. The van der Waals surface area contributed by atoms with Crippen molar-refractivity contribution in [1.82, 2.24) is 24.4 Å². The van der Waals surface area contributed by atoms with Gasteiger partial charge in [-0.15, -0.1) is 0 Å². The van der Waals surface area contributed by atoms with E-state index >= 15 is 0 Å². The Kier molecular flexibility index (Phi) is 3.49. The fraction of sp³-hybridized carbons (Fsp3) is 0.294. The van der Waals surface area contributed by atoms with Gasteiger partial charge in [0, 0.05) is 43.3 Å². The summed E-state index contributed by atoms with van der Waals surface area (Å²) in [5.74, 6) is -0.0306. The van der Waals surface area contributed by atoms with E-state index in [0.29, 0.717) is 11.2 Å². The summed E-state index contributed by atoms with van der Waals surface area (Å²) in [5, 5.41) is 0.941. The molecule has 1 atom stereocenters. The predicted octanol–water partition coefficient (Wildman–Crippen LogP) is 2.13. The standard InChI is InChI=1S/C17H17N5O/c23-17(16-15-13(5-7-20-16)3-1-6-19-15)22-9-2-4-14(22)11-21-10-8-18-12-21/h1,3,5-8,10,12,14H,2,4,9,11H2/t14-/m1/s1. The number of carbonyl (C=O) groups is 1. The van der Waals surface area contributed by atoms with E-state index in [-0.39, 0.29) is 11.9 Å². The number of aromatic nitrogens is 4. The lowest BCUT2D eigenvalue weighted by atomic mass is 10.1. The Hall–Kier alpha value is -2.76. The van der Waals surface area contributed by atoms with Crippen molar-refractivity contribution in [3.05, 3.63) is 55.0 Å². The van der Waals surface area contributed by atoms with Crippen molar-refractivity contribution in [3.63, 3.8) is 0 Å². The van der Waals surface area contributed by atoms with Crippen LogP contribution in [-0.2, 0) is 6.54 Å². The number of likely N-dealkylation sites (tertiary alicyclic amines) is 1. The molecule has 3 aromatic heterocycles. The number of nitrogens with zero attached hydrogens (tertiary/aromatic N) is 5. The van der Waals surface area contributed by atoms with Gasteiger partial charge in [-0.3, -0.25) is 9.78 Å². The predicted molar refractivity (Wildman–Crippen MR) is 85.8 cm³/mol. The number of carbonyl (C=O) groups excluding carboxylic acids is 1. The lowest BCUT2D eigenvalue weighted by molar-refractivity contribution is 0.0720. The van der Waals surface area contributed by atoms with Crippen molar-refractivity contribution < 1.29 is 4.79 Å². The van der Waals surface area contributed by atoms with Crippen molar-refractivity contribution in [2.24, 2.45) is 0 Å². The van der Waals surface area contributed by atoms with Crippen LogP contribution >= 0.6 is 0 Å². The van der Waals surface area contributed by atoms with Crippen LogP contribution in [0.4, 0.5) is 0 Å². The third-order valence-corrected chi connectivity index (χ3v) is 4.34. The molecular formula is C17H17N5O. The maximum Gasteiger partial charge on any atom is 0.275 e. The van der Waals surface area contributed by atoms with Crippen LogP contribution in [0, 0.1) is 0 Å². The molecule has 0 unspecified atom stereocenters. The molecule has 4 rings (SSSR count). The van der Waals surface area contributed by atoms with Gasteiger partial charge in [-0.25, -0.2) is 9.97 Å². The number of rotatable bonds is 3. The molecule has 6 heteroatoms. The van der Waals surface area contributed by atoms with E-state index in [4.69, 9.17) is 0 Å². The summed E-state index contributed by atoms with van der Waals surface area (Å²) < 4.78 is 2.02. The molecule has 0 bridgehead atoms. The second kappa shape index (κ2) is 5.79. The van der Waals surface area contributed by atoms with Crippen molar-refractivity contribution in [1.29, 1.82) is 0 Å². The van der Waals surface area contributed by atoms with E-state index in [9.17, 15) is 4.79 Å². The molecule has 4 heterocycles. The molecule has 0 saturated carbocycles. The first kappa shape index (κ1) is 13.9. The second-order valence-electron chi connectivity index (χ2n) is 5.79. The molecule has 0 N–H and O–H groups in total. The molecule has 1 fully saturated rings. The van der Waals surface area contributed by atoms with Crippen LogP contribution in [-0.4, -0.2) is 42.9 Å². The van der Waals surface area contributed by atoms with Gasteiger partial charge in [0.25, 0.3) is 5.91 Å². The van der Waals surface area contributed by atoms with Crippen LogP contribution in [0.2, 0.25) is 0 Å². The van der Waals surface area contributed by atoms with Crippen molar-refractivity contribution >= 4 is 16.8 Å². The Morgan fingerprint density at radius 3 is 3.04 bits per heavy atom. The zero-order valence-electron chi connectivity index (χ0n) is 12.7. The fourth-order valence-electron chi connectivity index (χ4n) is 3.23.